The zero-order chi connectivity index (χ0) is 15.5. The molecular weight excluding hydrogens is 309 g/mol. The molecule has 3 nitrogen and oxygen atoms in total. The maximum Gasteiger partial charge on any atom is 0.310 e. The van der Waals surface area contributed by atoms with Crippen LogP contribution < -0.4 is 5.32 Å². The van der Waals surface area contributed by atoms with Gasteiger partial charge < -0.3 is 10.1 Å². The van der Waals surface area contributed by atoms with Crippen LogP contribution in [-0.4, -0.2) is 24.7 Å². The summed E-state index contributed by atoms with van der Waals surface area (Å²) < 4.78 is 5.72. The standard InChI is InChI=1S/C16H21Cl2NO2/c1-16(2,12-5-7-19-8-6-12)21-15(20)10-11-3-4-13(17)14(18)9-11/h3-4,9,12,19H,5-8,10H2,1-2H3/p+1. The Bertz CT molecular complexity index is 511. The molecule has 0 bridgehead atoms. The van der Waals surface area contributed by atoms with Crippen LogP contribution in [0.1, 0.15) is 32.3 Å². The van der Waals surface area contributed by atoms with Gasteiger partial charge in [-0.05, 0) is 31.5 Å². The topological polar surface area (TPSA) is 42.9 Å². The van der Waals surface area contributed by atoms with Crippen molar-refractivity contribution in [2.45, 2.75) is 38.7 Å². The molecule has 0 saturated carbocycles. The van der Waals surface area contributed by atoms with Crippen LogP contribution in [0.25, 0.3) is 0 Å². The molecule has 0 radical (unpaired) electrons. The molecule has 1 saturated heterocycles. The van der Waals surface area contributed by atoms with Gasteiger partial charge in [-0.25, -0.2) is 0 Å². The van der Waals surface area contributed by atoms with E-state index in [4.69, 9.17) is 27.9 Å². The molecule has 1 heterocycles. The Labute approximate surface area is 136 Å². The monoisotopic (exact) mass is 330 g/mol. The minimum atomic E-state index is -0.415. The predicted molar refractivity (Wildman–Crippen MR) is 84.7 cm³/mol. The number of rotatable bonds is 4. The lowest BCUT2D eigenvalue weighted by Gasteiger charge is -2.35. The normalized spacial score (nSPS) is 16.8. The van der Waals surface area contributed by atoms with Crippen LogP contribution in [0.2, 0.25) is 10.0 Å². The molecule has 0 aliphatic carbocycles. The van der Waals surface area contributed by atoms with Gasteiger partial charge in [0.1, 0.15) is 5.60 Å². The molecule has 2 rings (SSSR count). The Morgan fingerprint density at radius 2 is 1.95 bits per heavy atom. The summed E-state index contributed by atoms with van der Waals surface area (Å²) in [6, 6.07) is 5.22. The molecule has 1 aliphatic rings. The maximum absolute atomic E-state index is 12.2. The van der Waals surface area contributed by atoms with Crippen molar-refractivity contribution in [1.82, 2.24) is 0 Å². The number of esters is 1. The Morgan fingerprint density at radius 1 is 1.29 bits per heavy atom. The molecule has 1 fully saturated rings. The second-order valence-corrected chi connectivity index (χ2v) is 6.96. The highest BCUT2D eigenvalue weighted by atomic mass is 35.5. The summed E-state index contributed by atoms with van der Waals surface area (Å²) in [4.78, 5) is 12.2. The molecular formula is C16H22Cl2NO2+. The molecule has 5 heteroatoms. The van der Waals surface area contributed by atoms with Crippen molar-refractivity contribution in [3.63, 3.8) is 0 Å². The van der Waals surface area contributed by atoms with Gasteiger partial charge in [0.2, 0.25) is 0 Å². The summed E-state index contributed by atoms with van der Waals surface area (Å²) in [6.07, 6.45) is 2.40. The Morgan fingerprint density at radius 3 is 2.57 bits per heavy atom. The first-order valence-corrected chi connectivity index (χ1v) is 8.11. The van der Waals surface area contributed by atoms with Crippen LogP contribution in [0, 0.1) is 5.92 Å². The number of hydrogen-bond acceptors (Lipinski definition) is 2. The zero-order valence-corrected chi connectivity index (χ0v) is 14.0. The summed E-state index contributed by atoms with van der Waals surface area (Å²) >= 11 is 11.8. The van der Waals surface area contributed by atoms with E-state index in [2.05, 4.69) is 5.32 Å². The largest absolute Gasteiger partial charge is 0.459 e. The van der Waals surface area contributed by atoms with E-state index in [1.165, 1.54) is 0 Å². The molecule has 1 aromatic rings. The second kappa shape index (κ2) is 6.99. The smallest absolute Gasteiger partial charge is 0.310 e. The third kappa shape index (κ3) is 4.60. The van der Waals surface area contributed by atoms with E-state index in [1.54, 1.807) is 18.2 Å². The van der Waals surface area contributed by atoms with Crippen LogP contribution in [-0.2, 0) is 16.0 Å². The van der Waals surface area contributed by atoms with E-state index in [0.717, 1.165) is 31.5 Å². The number of hydrogen-bond donors (Lipinski definition) is 1. The van der Waals surface area contributed by atoms with Gasteiger partial charge in [0.15, 0.2) is 0 Å². The fourth-order valence-corrected chi connectivity index (χ4v) is 3.17. The van der Waals surface area contributed by atoms with Gasteiger partial charge >= 0.3 is 5.97 Å². The Balaban J connectivity index is 1.95. The summed E-state index contributed by atoms with van der Waals surface area (Å²) in [5, 5.41) is 3.26. The molecule has 21 heavy (non-hydrogen) atoms. The predicted octanol–water partition coefficient (Wildman–Crippen LogP) is 2.83. The average Bonchev–Trinajstić information content (AvgIpc) is 2.43. The van der Waals surface area contributed by atoms with Crippen LogP contribution in [0.5, 0.6) is 0 Å². The van der Waals surface area contributed by atoms with E-state index >= 15 is 0 Å². The molecule has 0 aromatic heterocycles. The fraction of sp³-hybridized carbons (Fsp3) is 0.562. The average molecular weight is 331 g/mol. The van der Waals surface area contributed by atoms with Crippen LogP contribution in [0.3, 0.4) is 0 Å². The van der Waals surface area contributed by atoms with Crippen molar-refractivity contribution in [2.24, 2.45) is 5.92 Å². The SMILES string of the molecule is CC(C)(OC(=O)Cc1ccc(Cl)c(Cl)c1)C1CC[NH2+]CC1. The summed E-state index contributed by atoms with van der Waals surface area (Å²) in [6.45, 7) is 6.24. The molecule has 2 N–H and O–H groups in total. The summed E-state index contributed by atoms with van der Waals surface area (Å²) in [5.74, 6) is 0.216. The lowest BCUT2D eigenvalue weighted by Crippen LogP contribution is -2.86. The van der Waals surface area contributed by atoms with E-state index in [-0.39, 0.29) is 12.4 Å². The highest BCUT2D eigenvalue weighted by molar-refractivity contribution is 6.42. The van der Waals surface area contributed by atoms with Crippen LogP contribution in [0.15, 0.2) is 18.2 Å². The number of nitrogens with two attached hydrogens (primary N) is 1. The Kier molecular flexibility index (Phi) is 5.53. The summed E-state index contributed by atoms with van der Waals surface area (Å²) in [5.41, 5.74) is 0.406. The molecule has 116 valence electrons. The van der Waals surface area contributed by atoms with E-state index < -0.39 is 5.60 Å². The van der Waals surface area contributed by atoms with Gasteiger partial charge in [0, 0.05) is 18.8 Å². The van der Waals surface area contributed by atoms with Crippen molar-refractivity contribution in [1.29, 1.82) is 0 Å². The highest BCUT2D eigenvalue weighted by Gasteiger charge is 2.35. The van der Waals surface area contributed by atoms with E-state index in [0.29, 0.717) is 16.0 Å². The molecule has 0 unspecified atom stereocenters. The number of carbonyl (C=O) groups excluding carboxylic acids is 1. The van der Waals surface area contributed by atoms with Crippen molar-refractivity contribution in [3.05, 3.63) is 33.8 Å². The van der Waals surface area contributed by atoms with E-state index in [9.17, 15) is 4.79 Å². The minimum absolute atomic E-state index is 0.215. The first-order valence-electron chi connectivity index (χ1n) is 7.36. The number of carbonyl (C=O) groups is 1. The second-order valence-electron chi connectivity index (χ2n) is 6.14. The molecule has 0 spiro atoms. The van der Waals surface area contributed by atoms with Gasteiger partial charge in [-0.2, -0.15) is 0 Å². The van der Waals surface area contributed by atoms with Gasteiger partial charge in [-0.15, -0.1) is 0 Å². The number of halogens is 2. The zero-order valence-electron chi connectivity index (χ0n) is 12.5. The molecule has 0 atom stereocenters. The third-order valence-electron chi connectivity index (χ3n) is 4.13. The van der Waals surface area contributed by atoms with Gasteiger partial charge in [-0.3, -0.25) is 4.79 Å². The quantitative estimate of drug-likeness (QED) is 0.862. The van der Waals surface area contributed by atoms with Gasteiger partial charge in [0.25, 0.3) is 0 Å². The van der Waals surface area contributed by atoms with Gasteiger partial charge in [-0.1, -0.05) is 29.3 Å². The maximum atomic E-state index is 12.2. The minimum Gasteiger partial charge on any atom is -0.459 e. The molecule has 1 aliphatic heterocycles. The van der Waals surface area contributed by atoms with Crippen molar-refractivity contribution >= 4 is 29.2 Å². The lowest BCUT2D eigenvalue weighted by atomic mass is 9.83. The third-order valence-corrected chi connectivity index (χ3v) is 4.87. The summed E-state index contributed by atoms with van der Waals surface area (Å²) in [7, 11) is 0. The van der Waals surface area contributed by atoms with Crippen molar-refractivity contribution in [2.75, 3.05) is 13.1 Å². The highest BCUT2D eigenvalue weighted by Crippen LogP contribution is 2.29. The number of ether oxygens (including phenoxy) is 1. The number of quaternary nitrogens is 1. The van der Waals surface area contributed by atoms with E-state index in [1.807, 2.05) is 13.8 Å². The molecule has 0 amide bonds. The Hall–Kier alpha value is -0.770. The van der Waals surface area contributed by atoms with Gasteiger partial charge in [0.05, 0.1) is 29.6 Å². The number of benzene rings is 1. The molecule has 1 aromatic carbocycles. The van der Waals surface area contributed by atoms with Crippen LogP contribution >= 0.6 is 23.2 Å². The van der Waals surface area contributed by atoms with Crippen LogP contribution in [0.4, 0.5) is 0 Å². The van der Waals surface area contributed by atoms with Crippen molar-refractivity contribution < 1.29 is 14.8 Å². The first kappa shape index (κ1) is 16.6. The van der Waals surface area contributed by atoms with Crippen molar-refractivity contribution in [3.8, 4) is 0 Å². The first-order chi connectivity index (χ1) is 9.88. The lowest BCUT2D eigenvalue weighted by molar-refractivity contribution is -0.665. The fourth-order valence-electron chi connectivity index (χ4n) is 2.85. The number of piperidine rings is 1.